The van der Waals surface area contributed by atoms with Crippen molar-refractivity contribution in [3.63, 3.8) is 0 Å². The van der Waals surface area contributed by atoms with E-state index in [1.807, 2.05) is 54.6 Å². The van der Waals surface area contributed by atoms with Crippen LogP contribution in [0.4, 0.5) is 10.5 Å². The SMILES string of the molecule is O=C1NC(=O)N(c2ccc(C34CC5CC(CC(C5)C3)C4)cc2)C(=O)/C1=C/c1ccccc1OCc1ccccc1. The van der Waals surface area contributed by atoms with Gasteiger partial charge in [-0.3, -0.25) is 14.9 Å². The fraction of sp³-hybridized carbons (Fsp3) is 0.324. The molecule has 1 heterocycles. The molecule has 6 heteroatoms. The van der Waals surface area contributed by atoms with Crippen molar-refractivity contribution in [1.29, 1.82) is 0 Å². The molecule has 1 N–H and O–H groups in total. The van der Waals surface area contributed by atoms with Gasteiger partial charge in [-0.25, -0.2) is 9.69 Å². The van der Waals surface area contributed by atoms with Gasteiger partial charge in [0, 0.05) is 5.56 Å². The summed E-state index contributed by atoms with van der Waals surface area (Å²) in [6.45, 7) is 0.349. The van der Waals surface area contributed by atoms with Crippen LogP contribution < -0.4 is 15.0 Å². The lowest BCUT2D eigenvalue weighted by Crippen LogP contribution is -2.54. The summed E-state index contributed by atoms with van der Waals surface area (Å²) in [5.41, 5.74) is 3.49. The standard InChI is InChI=1S/C34H32N2O4/c37-31-29(17-26-8-4-5-9-30(26)40-21-22-6-2-1-3-7-22)32(38)36(33(39)35-31)28-12-10-27(11-13-28)34-18-23-14-24(19-34)16-25(15-23)20-34/h1-13,17,23-25H,14-16,18-21H2,(H,35,37,39)/b29-17+. The van der Waals surface area contributed by atoms with Gasteiger partial charge in [0.15, 0.2) is 0 Å². The second kappa shape index (κ2) is 9.77. The average Bonchev–Trinajstić information content (AvgIpc) is 2.95. The molecule has 4 saturated carbocycles. The third kappa shape index (κ3) is 4.41. The van der Waals surface area contributed by atoms with Crippen LogP contribution in [0.3, 0.4) is 0 Å². The molecular formula is C34H32N2O4. The van der Waals surface area contributed by atoms with Crippen molar-refractivity contribution < 1.29 is 19.1 Å². The molecule has 5 fully saturated rings. The first-order valence-corrected chi connectivity index (χ1v) is 14.3. The number of carbonyl (C=O) groups excluding carboxylic acids is 3. The summed E-state index contributed by atoms with van der Waals surface area (Å²) < 4.78 is 6.01. The van der Waals surface area contributed by atoms with Crippen LogP contribution in [0.25, 0.3) is 6.08 Å². The Balaban J connectivity index is 1.14. The van der Waals surface area contributed by atoms with Gasteiger partial charge in [0.2, 0.25) is 0 Å². The van der Waals surface area contributed by atoms with E-state index in [4.69, 9.17) is 4.74 Å². The number of ether oxygens (including phenoxy) is 1. The lowest BCUT2D eigenvalue weighted by atomic mass is 9.48. The van der Waals surface area contributed by atoms with E-state index in [9.17, 15) is 14.4 Å². The monoisotopic (exact) mass is 532 g/mol. The van der Waals surface area contributed by atoms with Gasteiger partial charge in [-0.15, -0.1) is 0 Å². The van der Waals surface area contributed by atoms with Gasteiger partial charge in [0.05, 0.1) is 5.69 Å². The first-order valence-electron chi connectivity index (χ1n) is 14.3. The molecule has 40 heavy (non-hydrogen) atoms. The van der Waals surface area contributed by atoms with Gasteiger partial charge in [-0.1, -0.05) is 60.7 Å². The molecule has 0 atom stereocenters. The number of hydrogen-bond acceptors (Lipinski definition) is 4. The highest BCUT2D eigenvalue weighted by atomic mass is 16.5. The van der Waals surface area contributed by atoms with E-state index < -0.39 is 17.8 Å². The summed E-state index contributed by atoms with van der Waals surface area (Å²) in [5.74, 6) is 1.68. The summed E-state index contributed by atoms with van der Waals surface area (Å²) in [6.07, 6.45) is 9.37. The van der Waals surface area contributed by atoms with E-state index in [-0.39, 0.29) is 11.0 Å². The number of amides is 4. The molecule has 1 aliphatic heterocycles. The van der Waals surface area contributed by atoms with E-state index in [0.717, 1.165) is 28.2 Å². The van der Waals surface area contributed by atoms with Crippen LogP contribution in [0.5, 0.6) is 5.75 Å². The van der Waals surface area contributed by atoms with E-state index in [1.165, 1.54) is 50.2 Å². The third-order valence-corrected chi connectivity index (χ3v) is 9.33. The maximum atomic E-state index is 13.6. The molecule has 3 aromatic carbocycles. The van der Waals surface area contributed by atoms with Gasteiger partial charge in [0.25, 0.3) is 11.8 Å². The number of benzene rings is 3. The Hall–Kier alpha value is -4.19. The largest absolute Gasteiger partial charge is 0.488 e. The number of nitrogens with zero attached hydrogens (tertiary/aromatic N) is 1. The quantitative estimate of drug-likeness (QED) is 0.294. The Labute approximate surface area is 234 Å². The van der Waals surface area contributed by atoms with E-state index in [1.54, 1.807) is 12.1 Å². The fourth-order valence-electron chi connectivity index (χ4n) is 7.94. The second-order valence-corrected chi connectivity index (χ2v) is 12.0. The third-order valence-electron chi connectivity index (χ3n) is 9.33. The van der Waals surface area contributed by atoms with Gasteiger partial charge in [-0.2, -0.15) is 0 Å². The van der Waals surface area contributed by atoms with Crippen molar-refractivity contribution in [3.8, 4) is 5.75 Å². The van der Waals surface area contributed by atoms with Crippen LogP contribution in [-0.4, -0.2) is 17.8 Å². The minimum absolute atomic E-state index is 0.111. The number of carbonyl (C=O) groups is 3. The molecule has 0 spiro atoms. The van der Waals surface area contributed by atoms with Crippen LogP contribution >= 0.6 is 0 Å². The lowest BCUT2D eigenvalue weighted by Gasteiger charge is -2.57. The molecule has 202 valence electrons. The Bertz CT molecular complexity index is 1470. The molecule has 6 nitrogen and oxygen atoms in total. The summed E-state index contributed by atoms with van der Waals surface area (Å²) in [4.78, 5) is 40.3. The minimum atomic E-state index is -0.733. The highest BCUT2D eigenvalue weighted by Gasteiger charge is 2.51. The number of imide groups is 2. The Kier molecular flexibility index (Phi) is 6.06. The van der Waals surface area contributed by atoms with Crippen molar-refractivity contribution in [2.75, 3.05) is 4.90 Å². The van der Waals surface area contributed by atoms with E-state index in [2.05, 4.69) is 17.4 Å². The van der Waals surface area contributed by atoms with Crippen LogP contribution in [0, 0.1) is 17.8 Å². The summed E-state index contributed by atoms with van der Waals surface area (Å²) >= 11 is 0. The lowest BCUT2D eigenvalue weighted by molar-refractivity contribution is -0.122. The zero-order valence-corrected chi connectivity index (χ0v) is 22.3. The maximum absolute atomic E-state index is 13.6. The molecule has 8 rings (SSSR count). The molecule has 0 unspecified atom stereocenters. The number of hydrogen-bond donors (Lipinski definition) is 1. The molecular weight excluding hydrogens is 500 g/mol. The minimum Gasteiger partial charge on any atom is -0.488 e. The number of rotatable bonds is 6. The zero-order chi connectivity index (χ0) is 27.3. The number of anilines is 1. The van der Waals surface area contributed by atoms with E-state index >= 15 is 0 Å². The first-order chi connectivity index (χ1) is 19.5. The van der Waals surface area contributed by atoms with Gasteiger partial charge in [-0.05, 0) is 97.1 Å². The second-order valence-electron chi connectivity index (χ2n) is 12.0. The molecule has 3 aromatic rings. The van der Waals surface area contributed by atoms with Gasteiger partial charge < -0.3 is 4.74 Å². The summed E-state index contributed by atoms with van der Waals surface area (Å²) in [7, 11) is 0. The van der Waals surface area contributed by atoms with Crippen molar-refractivity contribution in [1.82, 2.24) is 5.32 Å². The topological polar surface area (TPSA) is 75.7 Å². The normalized spacial score (nSPS) is 28.2. The summed E-state index contributed by atoms with van der Waals surface area (Å²) in [6, 6.07) is 24.2. The molecule has 0 radical (unpaired) electrons. The maximum Gasteiger partial charge on any atom is 0.335 e. The predicted molar refractivity (Wildman–Crippen MR) is 153 cm³/mol. The predicted octanol–water partition coefficient (Wildman–Crippen LogP) is 6.40. The molecule has 1 saturated heterocycles. The summed E-state index contributed by atoms with van der Waals surface area (Å²) in [5, 5.41) is 2.35. The number of nitrogens with one attached hydrogen (secondary N) is 1. The Morgan fingerprint density at radius 2 is 1.43 bits per heavy atom. The average molecular weight is 533 g/mol. The van der Waals surface area contributed by atoms with Crippen LogP contribution in [-0.2, 0) is 21.6 Å². The smallest absolute Gasteiger partial charge is 0.335 e. The van der Waals surface area contributed by atoms with Crippen molar-refractivity contribution in [3.05, 3.63) is 101 Å². The van der Waals surface area contributed by atoms with Crippen molar-refractivity contribution >= 4 is 29.6 Å². The Morgan fingerprint density at radius 3 is 2.10 bits per heavy atom. The zero-order valence-electron chi connectivity index (χ0n) is 22.3. The molecule has 4 amide bonds. The number of barbiturate groups is 1. The van der Waals surface area contributed by atoms with Crippen molar-refractivity contribution in [2.45, 2.75) is 50.5 Å². The number of urea groups is 1. The van der Waals surface area contributed by atoms with Gasteiger partial charge in [0.1, 0.15) is 17.9 Å². The van der Waals surface area contributed by atoms with Gasteiger partial charge >= 0.3 is 6.03 Å². The fourth-order valence-corrected chi connectivity index (χ4v) is 7.94. The van der Waals surface area contributed by atoms with Crippen molar-refractivity contribution in [2.24, 2.45) is 17.8 Å². The van der Waals surface area contributed by atoms with Crippen LogP contribution in [0.15, 0.2) is 84.4 Å². The highest BCUT2D eigenvalue weighted by molar-refractivity contribution is 6.39. The molecule has 5 aliphatic rings. The van der Waals surface area contributed by atoms with Crippen LogP contribution in [0.1, 0.15) is 55.2 Å². The van der Waals surface area contributed by atoms with Crippen LogP contribution in [0.2, 0.25) is 0 Å². The number of para-hydroxylation sites is 1. The highest BCUT2D eigenvalue weighted by Crippen LogP contribution is 2.60. The van der Waals surface area contributed by atoms with E-state index in [0.29, 0.717) is 23.6 Å². The molecule has 4 bridgehead atoms. The molecule has 0 aromatic heterocycles. The first kappa shape index (κ1) is 24.8. The Morgan fingerprint density at radius 1 is 0.800 bits per heavy atom. The molecule has 4 aliphatic carbocycles.